The molecule has 1 unspecified atom stereocenters. The van der Waals surface area contributed by atoms with Crippen molar-refractivity contribution >= 4 is 5.91 Å². The summed E-state index contributed by atoms with van der Waals surface area (Å²) < 4.78 is 11.8. The summed E-state index contributed by atoms with van der Waals surface area (Å²) in [6, 6.07) is 16.0. The van der Waals surface area contributed by atoms with Gasteiger partial charge in [0.15, 0.2) is 0 Å². The molecule has 0 fully saturated rings. The van der Waals surface area contributed by atoms with Crippen LogP contribution in [0.4, 0.5) is 0 Å². The lowest BCUT2D eigenvalue weighted by Gasteiger charge is -2.18. The van der Waals surface area contributed by atoms with Crippen molar-refractivity contribution in [1.29, 1.82) is 0 Å². The summed E-state index contributed by atoms with van der Waals surface area (Å²) in [6.45, 7) is 7.86. The normalized spacial score (nSPS) is 11.7. The third-order valence-electron chi connectivity index (χ3n) is 4.09. The van der Waals surface area contributed by atoms with Crippen LogP contribution in [0.5, 0.6) is 11.5 Å². The van der Waals surface area contributed by atoms with E-state index in [0.29, 0.717) is 26.2 Å². The molecule has 0 bridgehead atoms. The van der Waals surface area contributed by atoms with Crippen molar-refractivity contribution in [2.24, 2.45) is 0 Å². The van der Waals surface area contributed by atoms with Crippen LogP contribution in [-0.4, -0.2) is 19.1 Å². The quantitative estimate of drug-likeness (QED) is 0.673. The minimum atomic E-state index is 0.0559. The van der Waals surface area contributed by atoms with Crippen molar-refractivity contribution in [2.75, 3.05) is 13.2 Å². The standard InChI is InChI=1S/C22H29NO3/c1-4-13-25-19-11-12-20(17(3)14-22(24)23-5-2)21(15-19)26-16-18-9-7-6-8-10-18/h6-12,15,17H,4-5,13-14,16H2,1-3H3,(H,23,24). The average Bonchev–Trinajstić information content (AvgIpc) is 2.65. The maximum Gasteiger partial charge on any atom is 0.220 e. The number of ether oxygens (including phenoxy) is 2. The Kier molecular flexibility index (Phi) is 8.00. The van der Waals surface area contributed by atoms with Gasteiger partial charge >= 0.3 is 0 Å². The van der Waals surface area contributed by atoms with E-state index >= 15 is 0 Å². The highest BCUT2D eigenvalue weighted by atomic mass is 16.5. The van der Waals surface area contributed by atoms with Gasteiger partial charge in [0.05, 0.1) is 6.61 Å². The van der Waals surface area contributed by atoms with Crippen LogP contribution >= 0.6 is 0 Å². The van der Waals surface area contributed by atoms with Gasteiger partial charge in [0, 0.05) is 19.0 Å². The van der Waals surface area contributed by atoms with E-state index in [1.54, 1.807) is 0 Å². The van der Waals surface area contributed by atoms with Gasteiger partial charge in [0.2, 0.25) is 5.91 Å². The Labute approximate surface area is 156 Å². The first kappa shape index (κ1) is 19.8. The summed E-state index contributed by atoms with van der Waals surface area (Å²) in [5, 5.41) is 2.86. The predicted molar refractivity (Wildman–Crippen MR) is 105 cm³/mol. The molecule has 0 saturated carbocycles. The van der Waals surface area contributed by atoms with Gasteiger partial charge in [-0.15, -0.1) is 0 Å². The molecule has 0 heterocycles. The molecule has 1 amide bonds. The maximum atomic E-state index is 11.9. The predicted octanol–water partition coefficient (Wildman–Crippen LogP) is 4.68. The molecule has 2 aromatic rings. The van der Waals surface area contributed by atoms with Crippen molar-refractivity contribution in [3.05, 3.63) is 59.7 Å². The summed E-state index contributed by atoms with van der Waals surface area (Å²) in [5.74, 6) is 1.69. The Morgan fingerprint density at radius 3 is 2.54 bits per heavy atom. The van der Waals surface area contributed by atoms with Crippen LogP contribution in [0.3, 0.4) is 0 Å². The zero-order valence-corrected chi connectivity index (χ0v) is 16.0. The van der Waals surface area contributed by atoms with Gasteiger partial charge in [-0.1, -0.05) is 50.2 Å². The number of carbonyl (C=O) groups excluding carboxylic acids is 1. The second kappa shape index (κ2) is 10.5. The Bertz CT molecular complexity index is 685. The lowest BCUT2D eigenvalue weighted by atomic mass is 9.96. The third-order valence-corrected chi connectivity index (χ3v) is 4.09. The molecule has 0 aromatic heterocycles. The van der Waals surface area contributed by atoms with Gasteiger partial charge in [-0.2, -0.15) is 0 Å². The monoisotopic (exact) mass is 355 g/mol. The van der Waals surface area contributed by atoms with Gasteiger partial charge in [-0.05, 0) is 36.5 Å². The van der Waals surface area contributed by atoms with Crippen LogP contribution in [0.1, 0.15) is 50.7 Å². The molecule has 0 aliphatic rings. The topological polar surface area (TPSA) is 47.6 Å². The Morgan fingerprint density at radius 2 is 1.85 bits per heavy atom. The fourth-order valence-corrected chi connectivity index (χ4v) is 2.75. The number of hydrogen-bond acceptors (Lipinski definition) is 3. The number of nitrogens with one attached hydrogen (secondary N) is 1. The summed E-state index contributed by atoms with van der Waals surface area (Å²) in [4.78, 5) is 11.9. The highest BCUT2D eigenvalue weighted by Crippen LogP contribution is 2.33. The van der Waals surface area contributed by atoms with Crippen molar-refractivity contribution in [2.45, 2.75) is 46.1 Å². The molecule has 0 radical (unpaired) electrons. The van der Waals surface area contributed by atoms with Gasteiger partial charge in [-0.3, -0.25) is 4.79 Å². The first-order valence-corrected chi connectivity index (χ1v) is 9.34. The lowest BCUT2D eigenvalue weighted by molar-refractivity contribution is -0.121. The molecule has 0 spiro atoms. The molecule has 0 aliphatic carbocycles. The van der Waals surface area contributed by atoms with E-state index in [1.165, 1.54) is 0 Å². The molecular formula is C22H29NO3. The van der Waals surface area contributed by atoms with Gasteiger partial charge in [-0.25, -0.2) is 0 Å². The number of hydrogen-bond donors (Lipinski definition) is 1. The number of benzene rings is 2. The lowest BCUT2D eigenvalue weighted by Crippen LogP contribution is -2.24. The molecule has 140 valence electrons. The van der Waals surface area contributed by atoms with Crippen LogP contribution in [0.25, 0.3) is 0 Å². The van der Waals surface area contributed by atoms with E-state index in [1.807, 2.05) is 62.4 Å². The molecule has 2 aromatic carbocycles. The van der Waals surface area contributed by atoms with Crippen LogP contribution in [0.2, 0.25) is 0 Å². The molecule has 26 heavy (non-hydrogen) atoms. The molecule has 2 rings (SSSR count). The Morgan fingerprint density at radius 1 is 1.08 bits per heavy atom. The van der Waals surface area contributed by atoms with Gasteiger partial charge < -0.3 is 14.8 Å². The first-order chi connectivity index (χ1) is 12.6. The second-order valence-electron chi connectivity index (χ2n) is 6.38. The van der Waals surface area contributed by atoms with Gasteiger partial charge in [0.1, 0.15) is 18.1 Å². The van der Waals surface area contributed by atoms with E-state index in [9.17, 15) is 4.79 Å². The van der Waals surface area contributed by atoms with Crippen molar-refractivity contribution in [1.82, 2.24) is 5.32 Å². The summed E-state index contributed by atoms with van der Waals surface area (Å²) in [5.41, 5.74) is 2.13. The second-order valence-corrected chi connectivity index (χ2v) is 6.38. The third kappa shape index (κ3) is 6.10. The van der Waals surface area contributed by atoms with Crippen LogP contribution in [0, 0.1) is 0 Å². The number of rotatable bonds is 10. The highest BCUT2D eigenvalue weighted by Gasteiger charge is 2.16. The summed E-state index contributed by atoms with van der Waals surface area (Å²) >= 11 is 0. The molecule has 1 atom stereocenters. The first-order valence-electron chi connectivity index (χ1n) is 9.34. The summed E-state index contributed by atoms with van der Waals surface area (Å²) in [6.07, 6.45) is 1.39. The molecule has 0 aliphatic heterocycles. The Balaban J connectivity index is 2.17. The highest BCUT2D eigenvalue weighted by molar-refractivity contribution is 5.76. The maximum absolute atomic E-state index is 11.9. The molecule has 4 heteroatoms. The SMILES string of the molecule is CCCOc1ccc(C(C)CC(=O)NCC)c(OCc2ccccc2)c1. The van der Waals surface area contributed by atoms with Crippen LogP contribution in [0.15, 0.2) is 48.5 Å². The van der Waals surface area contributed by atoms with Crippen molar-refractivity contribution in [3.63, 3.8) is 0 Å². The average molecular weight is 355 g/mol. The van der Waals surface area contributed by atoms with E-state index in [4.69, 9.17) is 9.47 Å². The minimum Gasteiger partial charge on any atom is -0.493 e. The van der Waals surface area contributed by atoms with Crippen LogP contribution < -0.4 is 14.8 Å². The van der Waals surface area contributed by atoms with E-state index in [2.05, 4.69) is 12.2 Å². The van der Waals surface area contributed by atoms with Crippen molar-refractivity contribution < 1.29 is 14.3 Å². The smallest absolute Gasteiger partial charge is 0.220 e. The number of carbonyl (C=O) groups is 1. The summed E-state index contributed by atoms with van der Waals surface area (Å²) in [7, 11) is 0. The van der Waals surface area contributed by atoms with Crippen LogP contribution in [-0.2, 0) is 11.4 Å². The molecule has 0 saturated heterocycles. The number of amides is 1. The molecular weight excluding hydrogens is 326 g/mol. The van der Waals surface area contributed by atoms with Gasteiger partial charge in [0.25, 0.3) is 0 Å². The minimum absolute atomic E-state index is 0.0559. The zero-order valence-electron chi connectivity index (χ0n) is 16.0. The van der Waals surface area contributed by atoms with Crippen molar-refractivity contribution in [3.8, 4) is 11.5 Å². The Hall–Kier alpha value is -2.49. The van der Waals surface area contributed by atoms with E-state index in [0.717, 1.165) is 29.0 Å². The fourth-order valence-electron chi connectivity index (χ4n) is 2.75. The zero-order chi connectivity index (χ0) is 18.8. The van der Waals surface area contributed by atoms with E-state index < -0.39 is 0 Å². The molecule has 1 N–H and O–H groups in total. The molecule has 4 nitrogen and oxygen atoms in total. The van der Waals surface area contributed by atoms with E-state index in [-0.39, 0.29) is 11.8 Å². The fraction of sp³-hybridized carbons (Fsp3) is 0.409. The largest absolute Gasteiger partial charge is 0.493 e.